The number of carbonyl (C=O) groups is 1. The summed E-state index contributed by atoms with van der Waals surface area (Å²) in [6.45, 7) is 0. The minimum Gasteiger partial charge on any atom is -0.490 e. The number of ether oxygens (including phenoxy) is 1. The van der Waals surface area contributed by atoms with Gasteiger partial charge in [0.05, 0.1) is 28.9 Å². The third-order valence-electron chi connectivity index (χ3n) is 7.70. The molecule has 208 valence electrons. The average Bonchev–Trinajstić information content (AvgIpc) is 3.47. The van der Waals surface area contributed by atoms with Crippen molar-refractivity contribution in [1.82, 2.24) is 35.0 Å². The van der Waals surface area contributed by atoms with Gasteiger partial charge in [-0.2, -0.15) is 5.10 Å². The van der Waals surface area contributed by atoms with Crippen LogP contribution in [0.2, 0.25) is 5.02 Å². The molecule has 0 radical (unpaired) electrons. The number of pyridine rings is 1. The highest BCUT2D eigenvalue weighted by Gasteiger charge is 2.31. The van der Waals surface area contributed by atoms with Crippen molar-refractivity contribution in [3.8, 4) is 28.7 Å². The van der Waals surface area contributed by atoms with Gasteiger partial charge in [0.1, 0.15) is 34.9 Å². The summed E-state index contributed by atoms with van der Waals surface area (Å²) >= 11 is 6.25. The fourth-order valence-electron chi connectivity index (χ4n) is 5.60. The zero-order valence-corrected chi connectivity index (χ0v) is 22.8. The normalized spacial score (nSPS) is 18.9. The predicted molar refractivity (Wildman–Crippen MR) is 152 cm³/mol. The van der Waals surface area contributed by atoms with E-state index in [1.165, 1.54) is 12.4 Å². The number of H-pyrrole nitrogens is 1. The van der Waals surface area contributed by atoms with Crippen molar-refractivity contribution in [2.45, 2.75) is 56.7 Å². The summed E-state index contributed by atoms with van der Waals surface area (Å²) in [5.41, 5.74) is 2.93. The molecule has 11 heteroatoms. The Morgan fingerprint density at radius 1 is 1.10 bits per heavy atom. The molecule has 2 atom stereocenters. The number of halogens is 2. The van der Waals surface area contributed by atoms with Crippen molar-refractivity contribution in [3.63, 3.8) is 0 Å². The van der Waals surface area contributed by atoms with Gasteiger partial charge in [-0.25, -0.2) is 14.4 Å². The molecule has 7 rings (SSSR count). The van der Waals surface area contributed by atoms with Gasteiger partial charge in [0.2, 0.25) is 0 Å². The molecule has 2 N–H and O–H groups in total. The van der Waals surface area contributed by atoms with E-state index >= 15 is 4.39 Å². The molecule has 0 aliphatic heterocycles. The van der Waals surface area contributed by atoms with Gasteiger partial charge in [-0.3, -0.25) is 14.9 Å². The van der Waals surface area contributed by atoms with Gasteiger partial charge in [0, 0.05) is 17.1 Å². The van der Waals surface area contributed by atoms with Crippen LogP contribution in [0.1, 0.15) is 54.9 Å². The summed E-state index contributed by atoms with van der Waals surface area (Å²) < 4.78 is 23.2. The minimum atomic E-state index is -0.350. The number of hydrogen-bond acceptors (Lipinski definition) is 6. The summed E-state index contributed by atoms with van der Waals surface area (Å²) in [5, 5.41) is 10.5. The Balaban J connectivity index is 1.23. The van der Waals surface area contributed by atoms with Crippen molar-refractivity contribution in [2.75, 3.05) is 0 Å². The van der Waals surface area contributed by atoms with E-state index in [9.17, 15) is 4.79 Å². The number of carbonyl (C=O) groups excluding carboxylic acids is 1. The van der Waals surface area contributed by atoms with Crippen molar-refractivity contribution in [3.05, 3.63) is 77.5 Å². The van der Waals surface area contributed by atoms with Crippen LogP contribution in [-0.4, -0.2) is 47.8 Å². The number of hydrogen-bond donors (Lipinski definition) is 2. The summed E-state index contributed by atoms with van der Waals surface area (Å²) in [4.78, 5) is 27.0. The van der Waals surface area contributed by atoms with Gasteiger partial charge in [0.15, 0.2) is 5.82 Å². The number of aromatic nitrogens is 6. The van der Waals surface area contributed by atoms with Crippen LogP contribution in [0.5, 0.6) is 5.75 Å². The first kappa shape index (κ1) is 25.6. The SMILES string of the molecule is O=C(N[C@H]1CCC[C@@H](n2c(-c3ccccc3F)nc3cnc(-c4ncn[nH]4)cc32)C1)c1cc(Cl)ccc1OC1CC1. The molecule has 0 bridgehead atoms. The molecule has 3 aromatic heterocycles. The standard InChI is InChI=1S/C30H27ClFN7O2/c31-17-8-11-27(41-20-9-10-20)22(12-17)30(40)36-18-4-3-5-19(13-18)39-26-14-24(28-34-16-35-38-28)33-15-25(26)37-29(39)21-6-1-2-7-23(21)32/h1-2,6-8,11-12,14-16,18-20H,3-5,9-10,13H2,(H,36,40)(H,34,35,38)/t18-,19+/m0/s1. The number of imidazole rings is 1. The third-order valence-corrected chi connectivity index (χ3v) is 7.93. The number of nitrogens with zero attached hydrogens (tertiary/aromatic N) is 5. The summed E-state index contributed by atoms with van der Waals surface area (Å²) in [6, 6.07) is 13.6. The van der Waals surface area contributed by atoms with Crippen molar-refractivity contribution < 1.29 is 13.9 Å². The summed E-state index contributed by atoms with van der Waals surface area (Å²) in [7, 11) is 0. The molecule has 1 amide bonds. The highest BCUT2D eigenvalue weighted by atomic mass is 35.5. The maximum atomic E-state index is 15.1. The second-order valence-corrected chi connectivity index (χ2v) is 11.1. The number of benzene rings is 2. The second-order valence-electron chi connectivity index (χ2n) is 10.6. The largest absolute Gasteiger partial charge is 0.490 e. The van der Waals surface area contributed by atoms with Crippen LogP contribution in [0.25, 0.3) is 33.9 Å². The van der Waals surface area contributed by atoms with Crippen LogP contribution in [0.3, 0.4) is 0 Å². The fraction of sp³-hybridized carbons (Fsp3) is 0.300. The maximum absolute atomic E-state index is 15.1. The van der Waals surface area contributed by atoms with Crippen molar-refractivity contribution in [2.24, 2.45) is 0 Å². The molecule has 2 saturated carbocycles. The van der Waals surface area contributed by atoms with Crippen molar-refractivity contribution in [1.29, 1.82) is 0 Å². The first-order valence-electron chi connectivity index (χ1n) is 13.8. The Morgan fingerprint density at radius 2 is 1.98 bits per heavy atom. The maximum Gasteiger partial charge on any atom is 0.255 e. The Kier molecular flexibility index (Phi) is 6.62. The first-order valence-corrected chi connectivity index (χ1v) is 14.2. The second kappa shape index (κ2) is 10.6. The van der Waals surface area contributed by atoms with E-state index in [0.29, 0.717) is 51.2 Å². The van der Waals surface area contributed by atoms with Gasteiger partial charge < -0.3 is 14.6 Å². The number of aromatic amines is 1. The molecule has 2 aliphatic carbocycles. The smallest absolute Gasteiger partial charge is 0.255 e. The van der Waals surface area contributed by atoms with E-state index in [2.05, 4.69) is 30.0 Å². The fourth-order valence-corrected chi connectivity index (χ4v) is 5.77. The minimum absolute atomic E-state index is 0.0415. The Bertz CT molecular complexity index is 1730. The van der Waals surface area contributed by atoms with Crippen LogP contribution in [-0.2, 0) is 0 Å². The topological polar surface area (TPSA) is 111 Å². The van der Waals surface area contributed by atoms with Gasteiger partial charge in [-0.1, -0.05) is 23.7 Å². The number of rotatable bonds is 7. The quantitative estimate of drug-likeness (QED) is 0.243. The van der Waals surface area contributed by atoms with Crippen LogP contribution < -0.4 is 10.1 Å². The molecule has 9 nitrogen and oxygen atoms in total. The van der Waals surface area contributed by atoms with E-state index in [1.807, 2.05) is 6.07 Å². The lowest BCUT2D eigenvalue weighted by Gasteiger charge is -2.32. The van der Waals surface area contributed by atoms with Crippen LogP contribution in [0, 0.1) is 5.82 Å². The van der Waals surface area contributed by atoms with Crippen LogP contribution >= 0.6 is 11.6 Å². The predicted octanol–water partition coefficient (Wildman–Crippen LogP) is 6.13. The van der Waals surface area contributed by atoms with E-state index < -0.39 is 0 Å². The monoisotopic (exact) mass is 571 g/mol. The molecule has 2 aliphatic rings. The zero-order valence-electron chi connectivity index (χ0n) is 22.1. The molecule has 2 fully saturated rings. The highest BCUT2D eigenvalue weighted by molar-refractivity contribution is 6.31. The van der Waals surface area contributed by atoms with Gasteiger partial charge in [-0.05, 0) is 74.9 Å². The molecule has 3 heterocycles. The lowest BCUT2D eigenvalue weighted by Crippen LogP contribution is -2.39. The Morgan fingerprint density at radius 3 is 2.78 bits per heavy atom. The zero-order chi connectivity index (χ0) is 27.9. The Labute approximate surface area is 240 Å². The molecule has 0 saturated heterocycles. The van der Waals surface area contributed by atoms with Gasteiger partial charge >= 0.3 is 0 Å². The molecule has 41 heavy (non-hydrogen) atoms. The van der Waals surface area contributed by atoms with Crippen molar-refractivity contribution >= 4 is 28.5 Å². The van der Waals surface area contributed by atoms with E-state index in [-0.39, 0.29) is 29.9 Å². The average molecular weight is 572 g/mol. The van der Waals surface area contributed by atoms with Gasteiger partial charge in [0.25, 0.3) is 5.91 Å². The molecular formula is C30H27ClFN7O2. The van der Waals surface area contributed by atoms with E-state index in [0.717, 1.165) is 37.6 Å². The number of amides is 1. The molecule has 0 unspecified atom stereocenters. The number of nitrogens with one attached hydrogen (secondary N) is 2. The van der Waals surface area contributed by atoms with E-state index in [1.54, 1.807) is 42.6 Å². The van der Waals surface area contributed by atoms with E-state index in [4.69, 9.17) is 21.3 Å². The summed E-state index contributed by atoms with van der Waals surface area (Å²) in [5.74, 6) is 1.05. The molecular weight excluding hydrogens is 545 g/mol. The lowest BCUT2D eigenvalue weighted by molar-refractivity contribution is 0.0916. The van der Waals surface area contributed by atoms with Crippen LogP contribution in [0.4, 0.5) is 4.39 Å². The highest BCUT2D eigenvalue weighted by Crippen LogP contribution is 2.38. The molecule has 5 aromatic rings. The molecule has 2 aromatic carbocycles. The number of fused-ring (bicyclic) bond motifs is 1. The Hall–Kier alpha value is -4.31. The summed E-state index contributed by atoms with van der Waals surface area (Å²) in [6.07, 6.45) is 8.46. The van der Waals surface area contributed by atoms with Crippen LogP contribution in [0.15, 0.2) is 61.1 Å². The lowest BCUT2D eigenvalue weighted by atomic mass is 9.90. The first-order chi connectivity index (χ1) is 20.0. The third kappa shape index (κ3) is 5.15. The molecule has 0 spiro atoms. The van der Waals surface area contributed by atoms with Gasteiger partial charge in [-0.15, -0.1) is 0 Å².